The highest BCUT2D eigenvalue weighted by Crippen LogP contribution is 2.29. The number of carbonyl (C=O) groups is 1. The van der Waals surface area contributed by atoms with Crippen LogP contribution in [0.1, 0.15) is 12.7 Å². The lowest BCUT2D eigenvalue weighted by molar-refractivity contribution is -0.122. The van der Waals surface area contributed by atoms with Gasteiger partial charge in [-0.05, 0) is 49.4 Å². The van der Waals surface area contributed by atoms with Gasteiger partial charge in [0.15, 0.2) is 6.10 Å². The Morgan fingerprint density at radius 2 is 2.00 bits per heavy atom. The summed E-state index contributed by atoms with van der Waals surface area (Å²) in [6.45, 7) is 1.46. The van der Waals surface area contributed by atoms with E-state index in [1.807, 2.05) is 6.07 Å². The predicted molar refractivity (Wildman–Crippen MR) is 105 cm³/mol. The van der Waals surface area contributed by atoms with Crippen molar-refractivity contribution < 1.29 is 19.1 Å². The highest BCUT2D eigenvalue weighted by Gasteiger charge is 2.17. The molecule has 2 N–H and O–H groups in total. The summed E-state index contributed by atoms with van der Waals surface area (Å²) in [5.41, 5.74) is 1.37. The lowest BCUT2D eigenvalue weighted by Gasteiger charge is -2.16. The minimum atomic E-state index is -0.767. The van der Waals surface area contributed by atoms with Gasteiger partial charge in [0.1, 0.15) is 23.9 Å². The average molecular weight is 406 g/mol. The molecule has 0 bridgehead atoms. The largest absolute Gasteiger partial charge is 0.479 e. The number of amides is 1. The van der Waals surface area contributed by atoms with E-state index in [9.17, 15) is 4.79 Å². The molecule has 0 saturated heterocycles. The van der Waals surface area contributed by atoms with Crippen molar-refractivity contribution in [2.75, 3.05) is 5.32 Å². The number of nitrogens with one attached hydrogen (secondary N) is 1. The predicted octanol–water partition coefficient (Wildman–Crippen LogP) is 5.15. The molecule has 3 rings (SSSR count). The molecular formula is C20H17Cl2NO4. The zero-order valence-electron chi connectivity index (χ0n) is 14.4. The van der Waals surface area contributed by atoms with Crippen LogP contribution in [-0.4, -0.2) is 17.1 Å². The van der Waals surface area contributed by atoms with E-state index in [-0.39, 0.29) is 12.5 Å². The lowest BCUT2D eigenvalue weighted by atomic mass is 10.1. The molecule has 3 aromatic rings. The van der Waals surface area contributed by atoms with Gasteiger partial charge < -0.3 is 19.6 Å². The van der Waals surface area contributed by atoms with Crippen LogP contribution in [0.2, 0.25) is 10.0 Å². The molecule has 0 aliphatic rings. The van der Waals surface area contributed by atoms with Crippen molar-refractivity contribution in [3.05, 3.63) is 70.4 Å². The zero-order chi connectivity index (χ0) is 19.4. The number of ether oxygens (including phenoxy) is 1. The monoisotopic (exact) mass is 405 g/mol. The summed E-state index contributed by atoms with van der Waals surface area (Å²) >= 11 is 11.9. The standard InChI is InChI=1S/C20H17Cl2NO4/c1-12(26-19-7-5-14(21)10-17(19)22)20(25)23-15-4-2-3-13(9-15)18-8-6-16(11-24)27-18/h2-10,12,24H,11H2,1H3,(H,23,25)/t12-/m1/s1. The second-order valence-electron chi connectivity index (χ2n) is 5.83. The Hall–Kier alpha value is -2.47. The maximum absolute atomic E-state index is 12.4. The van der Waals surface area contributed by atoms with Gasteiger partial charge in [0, 0.05) is 16.3 Å². The van der Waals surface area contributed by atoms with Gasteiger partial charge in [-0.3, -0.25) is 4.79 Å². The second kappa shape index (κ2) is 8.48. The molecule has 0 saturated carbocycles. The van der Waals surface area contributed by atoms with E-state index in [0.29, 0.717) is 33.0 Å². The summed E-state index contributed by atoms with van der Waals surface area (Å²) < 4.78 is 11.1. The van der Waals surface area contributed by atoms with Crippen LogP contribution in [0.15, 0.2) is 59.0 Å². The maximum atomic E-state index is 12.4. The Morgan fingerprint density at radius 3 is 2.70 bits per heavy atom. The first-order chi connectivity index (χ1) is 13.0. The van der Waals surface area contributed by atoms with Crippen LogP contribution in [-0.2, 0) is 11.4 Å². The Balaban J connectivity index is 1.69. The number of aliphatic hydroxyl groups excluding tert-OH is 1. The molecule has 7 heteroatoms. The number of rotatable bonds is 6. The quantitative estimate of drug-likeness (QED) is 0.594. The van der Waals surface area contributed by atoms with Crippen LogP contribution in [0.3, 0.4) is 0 Å². The van der Waals surface area contributed by atoms with Gasteiger partial charge in [0.05, 0.1) is 5.02 Å². The number of hydrogen-bond donors (Lipinski definition) is 2. The number of furan rings is 1. The van der Waals surface area contributed by atoms with Crippen LogP contribution in [0, 0.1) is 0 Å². The van der Waals surface area contributed by atoms with Gasteiger partial charge in [-0.15, -0.1) is 0 Å². The van der Waals surface area contributed by atoms with E-state index < -0.39 is 6.10 Å². The molecule has 5 nitrogen and oxygen atoms in total. The Kier molecular flexibility index (Phi) is 6.06. The smallest absolute Gasteiger partial charge is 0.265 e. The van der Waals surface area contributed by atoms with Gasteiger partial charge in [0.25, 0.3) is 5.91 Å². The van der Waals surface area contributed by atoms with Gasteiger partial charge >= 0.3 is 0 Å². The minimum absolute atomic E-state index is 0.168. The fraction of sp³-hybridized carbons (Fsp3) is 0.150. The van der Waals surface area contributed by atoms with Gasteiger partial charge in [0.2, 0.25) is 0 Å². The summed E-state index contributed by atoms with van der Waals surface area (Å²) in [6.07, 6.45) is -0.767. The highest BCUT2D eigenvalue weighted by atomic mass is 35.5. The molecule has 0 aliphatic heterocycles. The Labute approximate surface area is 166 Å². The summed E-state index contributed by atoms with van der Waals surface area (Å²) in [5.74, 6) is 1.13. The van der Waals surface area contributed by atoms with Crippen molar-refractivity contribution in [3.8, 4) is 17.1 Å². The fourth-order valence-corrected chi connectivity index (χ4v) is 2.88. The first-order valence-electron chi connectivity index (χ1n) is 8.19. The SMILES string of the molecule is C[C@@H](Oc1ccc(Cl)cc1Cl)C(=O)Nc1cccc(-c2ccc(CO)o2)c1. The molecule has 1 heterocycles. The Morgan fingerprint density at radius 1 is 1.19 bits per heavy atom. The topological polar surface area (TPSA) is 71.7 Å². The maximum Gasteiger partial charge on any atom is 0.265 e. The van der Waals surface area contributed by atoms with Crippen molar-refractivity contribution in [1.29, 1.82) is 0 Å². The average Bonchev–Trinajstić information content (AvgIpc) is 3.13. The summed E-state index contributed by atoms with van der Waals surface area (Å²) in [6, 6.07) is 15.5. The van der Waals surface area contributed by atoms with Gasteiger partial charge in [-0.2, -0.15) is 0 Å². The van der Waals surface area contributed by atoms with Crippen molar-refractivity contribution in [2.24, 2.45) is 0 Å². The molecular weight excluding hydrogens is 389 g/mol. The molecule has 1 atom stereocenters. The number of halogens is 2. The molecule has 0 radical (unpaired) electrons. The molecule has 0 fully saturated rings. The van der Waals surface area contributed by atoms with Crippen molar-refractivity contribution in [3.63, 3.8) is 0 Å². The Bertz CT molecular complexity index is 955. The number of aliphatic hydroxyl groups is 1. The van der Waals surface area contributed by atoms with E-state index in [1.54, 1.807) is 55.5 Å². The van der Waals surface area contributed by atoms with Crippen LogP contribution in [0.25, 0.3) is 11.3 Å². The molecule has 2 aromatic carbocycles. The van der Waals surface area contributed by atoms with Crippen LogP contribution in [0.5, 0.6) is 5.75 Å². The van der Waals surface area contributed by atoms with Crippen LogP contribution < -0.4 is 10.1 Å². The van der Waals surface area contributed by atoms with E-state index in [1.165, 1.54) is 0 Å². The second-order valence-corrected chi connectivity index (χ2v) is 6.67. The van der Waals surface area contributed by atoms with Gasteiger partial charge in [-0.25, -0.2) is 0 Å². The normalized spacial score (nSPS) is 11.9. The molecule has 140 valence electrons. The van der Waals surface area contributed by atoms with E-state index >= 15 is 0 Å². The van der Waals surface area contributed by atoms with E-state index in [0.717, 1.165) is 5.56 Å². The van der Waals surface area contributed by atoms with Gasteiger partial charge in [-0.1, -0.05) is 35.3 Å². The third-order valence-corrected chi connectivity index (χ3v) is 4.33. The molecule has 1 aromatic heterocycles. The van der Waals surface area contributed by atoms with Crippen molar-refractivity contribution in [1.82, 2.24) is 0 Å². The lowest BCUT2D eigenvalue weighted by Crippen LogP contribution is -2.30. The van der Waals surface area contributed by atoms with E-state index in [2.05, 4.69) is 5.32 Å². The molecule has 27 heavy (non-hydrogen) atoms. The van der Waals surface area contributed by atoms with Crippen molar-refractivity contribution in [2.45, 2.75) is 19.6 Å². The minimum Gasteiger partial charge on any atom is -0.479 e. The first kappa shape index (κ1) is 19.3. The first-order valence-corrected chi connectivity index (χ1v) is 8.94. The van der Waals surface area contributed by atoms with E-state index in [4.69, 9.17) is 37.5 Å². The summed E-state index contributed by atoms with van der Waals surface area (Å²) in [5, 5.41) is 12.7. The third-order valence-electron chi connectivity index (χ3n) is 3.80. The van der Waals surface area contributed by atoms with Crippen LogP contribution >= 0.6 is 23.2 Å². The third kappa shape index (κ3) is 4.83. The summed E-state index contributed by atoms with van der Waals surface area (Å²) in [7, 11) is 0. The number of hydrogen-bond acceptors (Lipinski definition) is 4. The molecule has 0 aliphatic carbocycles. The van der Waals surface area contributed by atoms with Crippen molar-refractivity contribution >= 4 is 34.8 Å². The molecule has 0 unspecified atom stereocenters. The highest BCUT2D eigenvalue weighted by molar-refractivity contribution is 6.35. The zero-order valence-corrected chi connectivity index (χ0v) is 15.9. The molecule has 0 spiro atoms. The molecule has 1 amide bonds. The fourth-order valence-electron chi connectivity index (χ4n) is 2.43. The summed E-state index contributed by atoms with van der Waals surface area (Å²) in [4.78, 5) is 12.4. The van der Waals surface area contributed by atoms with Crippen LogP contribution in [0.4, 0.5) is 5.69 Å². The number of anilines is 1. The number of carbonyl (C=O) groups excluding carboxylic acids is 1. The number of benzene rings is 2.